The SMILES string of the molecule is CC(C)CC(CC(C)C)(OP(c1ccccc1)c1ccccc1)[C@@H]1COC(C2=CC=CC2)=N1. The predicted octanol–water partition coefficient (Wildman–Crippen LogP) is 6.57. The van der Waals surface area contributed by atoms with Crippen molar-refractivity contribution in [1.82, 2.24) is 0 Å². The van der Waals surface area contributed by atoms with Crippen LogP contribution in [0.1, 0.15) is 47.0 Å². The van der Waals surface area contributed by atoms with Crippen LogP contribution in [-0.4, -0.2) is 24.1 Å². The molecular formula is C29H36NO2P. The molecule has 1 atom stereocenters. The summed E-state index contributed by atoms with van der Waals surface area (Å²) in [7, 11) is -0.992. The van der Waals surface area contributed by atoms with Crippen molar-refractivity contribution in [3.05, 3.63) is 84.5 Å². The van der Waals surface area contributed by atoms with Gasteiger partial charge >= 0.3 is 0 Å². The average molecular weight is 462 g/mol. The Kier molecular flexibility index (Phi) is 7.83. The molecule has 0 spiro atoms. The maximum atomic E-state index is 7.37. The van der Waals surface area contributed by atoms with Crippen LogP contribution in [0.25, 0.3) is 0 Å². The first-order valence-corrected chi connectivity index (χ1v) is 13.4. The summed E-state index contributed by atoms with van der Waals surface area (Å²) in [6, 6.07) is 21.4. The van der Waals surface area contributed by atoms with Gasteiger partial charge in [0.2, 0.25) is 5.90 Å². The van der Waals surface area contributed by atoms with Crippen molar-refractivity contribution < 1.29 is 9.26 Å². The number of allylic oxidation sites excluding steroid dienone is 3. The molecule has 174 valence electrons. The van der Waals surface area contributed by atoms with Gasteiger partial charge < -0.3 is 9.26 Å². The lowest BCUT2D eigenvalue weighted by molar-refractivity contribution is 0.00891. The van der Waals surface area contributed by atoms with Crippen LogP contribution < -0.4 is 10.6 Å². The van der Waals surface area contributed by atoms with E-state index in [4.69, 9.17) is 14.3 Å². The highest BCUT2D eigenvalue weighted by Crippen LogP contribution is 2.48. The quantitative estimate of drug-likeness (QED) is 0.375. The molecule has 4 heteroatoms. The van der Waals surface area contributed by atoms with Gasteiger partial charge in [-0.1, -0.05) is 107 Å². The molecule has 2 aliphatic rings. The van der Waals surface area contributed by atoms with Crippen LogP contribution in [0.2, 0.25) is 0 Å². The van der Waals surface area contributed by atoms with Crippen LogP contribution in [0, 0.1) is 11.8 Å². The summed E-state index contributed by atoms with van der Waals surface area (Å²) in [6.45, 7) is 9.73. The number of rotatable bonds is 10. The number of hydrogen-bond donors (Lipinski definition) is 0. The van der Waals surface area contributed by atoms with E-state index in [0.29, 0.717) is 18.4 Å². The number of benzene rings is 2. The topological polar surface area (TPSA) is 30.8 Å². The third kappa shape index (κ3) is 5.83. The van der Waals surface area contributed by atoms with Crippen molar-refractivity contribution in [2.24, 2.45) is 16.8 Å². The normalized spacial score (nSPS) is 18.2. The molecule has 0 N–H and O–H groups in total. The van der Waals surface area contributed by atoms with Crippen LogP contribution in [0.15, 0.2) is 89.5 Å². The molecule has 0 fully saturated rings. The number of nitrogens with zero attached hydrogens (tertiary/aromatic N) is 1. The fraction of sp³-hybridized carbons (Fsp3) is 0.414. The van der Waals surface area contributed by atoms with Crippen molar-refractivity contribution in [1.29, 1.82) is 0 Å². The number of hydrogen-bond acceptors (Lipinski definition) is 3. The lowest BCUT2D eigenvalue weighted by Gasteiger charge is -2.42. The minimum absolute atomic E-state index is 0.0174. The van der Waals surface area contributed by atoms with Crippen molar-refractivity contribution in [2.45, 2.75) is 58.6 Å². The maximum absolute atomic E-state index is 7.37. The van der Waals surface area contributed by atoms with E-state index in [1.165, 1.54) is 16.2 Å². The summed E-state index contributed by atoms with van der Waals surface area (Å²) in [5, 5.41) is 2.47. The molecule has 2 aromatic carbocycles. The van der Waals surface area contributed by atoms with Gasteiger partial charge in [0.15, 0.2) is 0 Å². The molecule has 3 nitrogen and oxygen atoms in total. The summed E-state index contributed by atoms with van der Waals surface area (Å²) in [5.74, 6) is 1.77. The summed E-state index contributed by atoms with van der Waals surface area (Å²) in [6.07, 6.45) is 9.16. The molecule has 0 radical (unpaired) electrons. The molecule has 33 heavy (non-hydrogen) atoms. The monoisotopic (exact) mass is 461 g/mol. The first-order valence-electron chi connectivity index (χ1n) is 12.1. The van der Waals surface area contributed by atoms with Crippen molar-refractivity contribution in [3.63, 3.8) is 0 Å². The Hall–Kier alpha value is -2.22. The molecule has 1 heterocycles. The largest absolute Gasteiger partial charge is 0.475 e. The fourth-order valence-corrected chi connectivity index (χ4v) is 6.89. The molecule has 0 saturated carbocycles. The van der Waals surface area contributed by atoms with Crippen LogP contribution in [0.5, 0.6) is 0 Å². The van der Waals surface area contributed by atoms with Gasteiger partial charge in [0.1, 0.15) is 12.6 Å². The first kappa shape index (κ1) is 23.9. The Morgan fingerprint density at radius 3 is 2.00 bits per heavy atom. The van der Waals surface area contributed by atoms with Gasteiger partial charge in [-0.2, -0.15) is 0 Å². The summed E-state index contributed by atoms with van der Waals surface area (Å²) in [5.41, 5.74) is 0.780. The molecule has 0 unspecified atom stereocenters. The van der Waals surface area contributed by atoms with E-state index in [-0.39, 0.29) is 6.04 Å². The predicted molar refractivity (Wildman–Crippen MR) is 141 cm³/mol. The molecule has 0 bridgehead atoms. The van der Waals surface area contributed by atoms with Gasteiger partial charge in [-0.15, -0.1) is 0 Å². The van der Waals surface area contributed by atoms with Crippen LogP contribution >= 0.6 is 8.15 Å². The third-order valence-electron chi connectivity index (χ3n) is 6.07. The van der Waals surface area contributed by atoms with Crippen LogP contribution in [0.3, 0.4) is 0 Å². The van der Waals surface area contributed by atoms with E-state index in [1.54, 1.807) is 0 Å². The zero-order valence-electron chi connectivity index (χ0n) is 20.3. The van der Waals surface area contributed by atoms with Gasteiger partial charge in [0.05, 0.1) is 13.7 Å². The molecule has 4 rings (SSSR count). The van der Waals surface area contributed by atoms with E-state index in [0.717, 1.165) is 25.2 Å². The van der Waals surface area contributed by atoms with E-state index in [2.05, 4.69) is 107 Å². The molecule has 1 aliphatic carbocycles. The van der Waals surface area contributed by atoms with Crippen LogP contribution in [-0.2, 0) is 9.26 Å². The number of ether oxygens (including phenoxy) is 1. The van der Waals surface area contributed by atoms with E-state index in [9.17, 15) is 0 Å². The first-order chi connectivity index (χ1) is 16.0. The van der Waals surface area contributed by atoms with Crippen molar-refractivity contribution >= 4 is 24.7 Å². The second-order valence-electron chi connectivity index (χ2n) is 9.90. The second-order valence-corrected chi connectivity index (χ2v) is 11.7. The Morgan fingerprint density at radius 2 is 1.52 bits per heavy atom. The highest BCUT2D eigenvalue weighted by molar-refractivity contribution is 7.68. The van der Waals surface area contributed by atoms with Gasteiger partial charge in [-0.3, -0.25) is 0 Å². The highest BCUT2D eigenvalue weighted by atomic mass is 31.1. The minimum atomic E-state index is -0.992. The van der Waals surface area contributed by atoms with Gasteiger partial charge in [0, 0.05) is 16.2 Å². The summed E-state index contributed by atoms with van der Waals surface area (Å²) < 4.78 is 13.6. The Bertz CT molecular complexity index is 945. The zero-order chi connectivity index (χ0) is 23.3. The maximum Gasteiger partial charge on any atom is 0.212 e. The second kappa shape index (κ2) is 10.8. The summed E-state index contributed by atoms with van der Waals surface area (Å²) >= 11 is 0. The van der Waals surface area contributed by atoms with Crippen molar-refractivity contribution in [2.75, 3.05) is 6.61 Å². The zero-order valence-corrected chi connectivity index (χ0v) is 21.2. The fourth-order valence-electron chi connectivity index (χ4n) is 4.86. The smallest absolute Gasteiger partial charge is 0.212 e. The average Bonchev–Trinajstić information content (AvgIpc) is 3.50. The molecule has 0 aromatic heterocycles. The summed E-state index contributed by atoms with van der Waals surface area (Å²) in [4.78, 5) is 5.16. The lowest BCUT2D eigenvalue weighted by atomic mass is 9.80. The van der Waals surface area contributed by atoms with Gasteiger partial charge in [-0.05, 0) is 31.1 Å². The molecule has 0 saturated heterocycles. The molecular weight excluding hydrogens is 425 g/mol. The highest BCUT2D eigenvalue weighted by Gasteiger charge is 2.46. The van der Waals surface area contributed by atoms with E-state index in [1.807, 2.05) is 0 Å². The Labute approximate surface area is 200 Å². The minimum Gasteiger partial charge on any atom is -0.475 e. The van der Waals surface area contributed by atoms with Gasteiger partial charge in [0.25, 0.3) is 0 Å². The standard InChI is InChI=1S/C29H36NO2P/c1-22(2)19-29(20-23(3)4,27-21-31-28(30-27)24-13-11-12-14-24)32-33(25-15-7-5-8-16-25)26-17-9-6-10-18-26/h5-13,15-18,22-23,27H,14,19-21H2,1-4H3/t27-/m0/s1. The Morgan fingerprint density at radius 1 is 0.939 bits per heavy atom. The van der Waals surface area contributed by atoms with Crippen LogP contribution in [0.4, 0.5) is 0 Å². The van der Waals surface area contributed by atoms with Gasteiger partial charge in [-0.25, -0.2) is 4.99 Å². The van der Waals surface area contributed by atoms with E-state index < -0.39 is 13.7 Å². The molecule has 1 aliphatic heterocycles. The van der Waals surface area contributed by atoms with E-state index >= 15 is 0 Å². The molecule has 0 amide bonds. The Balaban J connectivity index is 1.76. The third-order valence-corrected chi connectivity index (χ3v) is 8.15. The molecule has 2 aromatic rings. The lowest BCUT2D eigenvalue weighted by Crippen LogP contribution is -2.47. The number of aliphatic imine (C=N–C) groups is 1. The van der Waals surface area contributed by atoms with Crippen molar-refractivity contribution in [3.8, 4) is 0 Å².